The van der Waals surface area contributed by atoms with E-state index in [1.807, 2.05) is 0 Å². The van der Waals surface area contributed by atoms with Crippen LogP contribution in [0.1, 0.15) is 18.3 Å². The number of nitrogens with zero attached hydrogens (tertiary/aromatic N) is 2. The maximum absolute atomic E-state index is 12.7. The molecule has 0 bridgehead atoms. The average molecular weight is 204 g/mol. The summed E-state index contributed by atoms with van der Waals surface area (Å²) in [5.74, 6) is -3.07. The first-order valence-corrected chi connectivity index (χ1v) is 4.36. The van der Waals surface area contributed by atoms with Crippen LogP contribution in [0.25, 0.3) is 0 Å². The Morgan fingerprint density at radius 1 is 1.64 bits per heavy atom. The summed E-state index contributed by atoms with van der Waals surface area (Å²) in [5, 5.41) is 13.2. The highest BCUT2D eigenvalue weighted by Crippen LogP contribution is 2.20. The van der Waals surface area contributed by atoms with Crippen molar-refractivity contribution in [3.63, 3.8) is 0 Å². The molecule has 1 rings (SSSR count). The Morgan fingerprint density at radius 2 is 2.21 bits per heavy atom. The summed E-state index contributed by atoms with van der Waals surface area (Å²) in [6, 6.07) is 1.69. The first kappa shape index (κ1) is 11.1. The first-order chi connectivity index (χ1) is 6.30. The molecule has 1 N–H and O–H groups in total. The van der Waals surface area contributed by atoms with Crippen LogP contribution in [0.2, 0.25) is 0 Å². The molecule has 1 unspecified atom stereocenters. The van der Waals surface area contributed by atoms with E-state index in [1.165, 1.54) is 4.68 Å². The van der Waals surface area contributed by atoms with Crippen molar-refractivity contribution in [2.24, 2.45) is 7.05 Å². The lowest BCUT2D eigenvalue weighted by Gasteiger charge is -2.17. The number of aryl methyl sites for hydroxylation is 2. The van der Waals surface area contributed by atoms with Gasteiger partial charge in [0.05, 0.1) is 5.69 Å². The van der Waals surface area contributed by atoms with Crippen LogP contribution in [0.5, 0.6) is 0 Å². The van der Waals surface area contributed by atoms with Crippen molar-refractivity contribution in [3.8, 4) is 0 Å². The standard InChI is InChI=1S/C9H14F2N2O/c1-6-4-7(13(3)12-6)5-8(14)9(2,10)11/h4,8,14H,5H2,1-3H3. The van der Waals surface area contributed by atoms with Gasteiger partial charge in [-0.1, -0.05) is 0 Å². The van der Waals surface area contributed by atoms with Crippen LogP contribution in [0, 0.1) is 6.92 Å². The van der Waals surface area contributed by atoms with Gasteiger partial charge in [-0.25, -0.2) is 8.78 Å². The molecule has 80 valence electrons. The summed E-state index contributed by atoms with van der Waals surface area (Å²) >= 11 is 0. The van der Waals surface area contributed by atoms with Crippen molar-refractivity contribution in [2.75, 3.05) is 0 Å². The number of aromatic nitrogens is 2. The molecule has 0 aliphatic carbocycles. The minimum atomic E-state index is -3.07. The van der Waals surface area contributed by atoms with Crippen LogP contribution < -0.4 is 0 Å². The van der Waals surface area contributed by atoms with E-state index >= 15 is 0 Å². The SMILES string of the molecule is Cc1cc(CC(O)C(C)(F)F)n(C)n1. The molecular weight excluding hydrogens is 190 g/mol. The van der Waals surface area contributed by atoms with Gasteiger partial charge in [0.25, 0.3) is 5.92 Å². The van der Waals surface area contributed by atoms with Gasteiger partial charge in [0.15, 0.2) is 0 Å². The summed E-state index contributed by atoms with van der Waals surface area (Å²) in [7, 11) is 1.67. The molecule has 1 aromatic rings. The third-order valence-corrected chi connectivity index (χ3v) is 2.09. The summed E-state index contributed by atoms with van der Waals surface area (Å²) in [4.78, 5) is 0. The van der Waals surface area contributed by atoms with E-state index in [1.54, 1.807) is 20.0 Å². The fourth-order valence-electron chi connectivity index (χ4n) is 1.23. The maximum Gasteiger partial charge on any atom is 0.271 e. The van der Waals surface area contributed by atoms with E-state index in [9.17, 15) is 13.9 Å². The van der Waals surface area contributed by atoms with Gasteiger partial charge in [0.1, 0.15) is 6.10 Å². The molecule has 0 aromatic carbocycles. The molecule has 0 radical (unpaired) electrons. The molecule has 0 aliphatic rings. The van der Waals surface area contributed by atoms with Crippen LogP contribution in [0.3, 0.4) is 0 Å². The van der Waals surface area contributed by atoms with Crippen molar-refractivity contribution in [3.05, 3.63) is 17.5 Å². The molecule has 3 nitrogen and oxygen atoms in total. The first-order valence-electron chi connectivity index (χ1n) is 4.36. The van der Waals surface area contributed by atoms with E-state index in [2.05, 4.69) is 5.10 Å². The second kappa shape index (κ2) is 3.65. The Kier molecular flexibility index (Phi) is 2.89. The Hall–Kier alpha value is -0.970. The van der Waals surface area contributed by atoms with E-state index in [0.717, 1.165) is 5.69 Å². The van der Waals surface area contributed by atoms with Gasteiger partial charge in [0, 0.05) is 26.1 Å². The number of aliphatic hydroxyl groups is 1. The van der Waals surface area contributed by atoms with Gasteiger partial charge < -0.3 is 5.11 Å². The minimum absolute atomic E-state index is 0.0825. The third-order valence-electron chi connectivity index (χ3n) is 2.09. The van der Waals surface area contributed by atoms with Crippen molar-refractivity contribution in [2.45, 2.75) is 32.3 Å². The zero-order valence-electron chi connectivity index (χ0n) is 8.46. The molecule has 1 aromatic heterocycles. The molecule has 0 spiro atoms. The van der Waals surface area contributed by atoms with E-state index < -0.39 is 12.0 Å². The molecule has 14 heavy (non-hydrogen) atoms. The monoisotopic (exact) mass is 204 g/mol. The number of rotatable bonds is 3. The van der Waals surface area contributed by atoms with Crippen LogP contribution in [0.4, 0.5) is 8.78 Å². The maximum atomic E-state index is 12.7. The van der Waals surface area contributed by atoms with Crippen LogP contribution >= 0.6 is 0 Å². The third kappa shape index (κ3) is 2.51. The van der Waals surface area contributed by atoms with Gasteiger partial charge in [0.2, 0.25) is 0 Å². The molecule has 0 saturated carbocycles. The zero-order chi connectivity index (χ0) is 10.9. The fraction of sp³-hybridized carbons (Fsp3) is 0.667. The number of hydrogen-bond acceptors (Lipinski definition) is 2. The van der Waals surface area contributed by atoms with Crippen molar-refractivity contribution in [1.82, 2.24) is 9.78 Å². The molecule has 0 amide bonds. The predicted molar refractivity (Wildman–Crippen MR) is 48.3 cm³/mol. The zero-order valence-corrected chi connectivity index (χ0v) is 8.46. The summed E-state index contributed by atoms with van der Waals surface area (Å²) < 4.78 is 26.8. The summed E-state index contributed by atoms with van der Waals surface area (Å²) in [6.45, 7) is 2.49. The normalized spacial score (nSPS) is 14.4. The second-order valence-electron chi connectivity index (χ2n) is 3.58. The lowest BCUT2D eigenvalue weighted by Crippen LogP contribution is -2.32. The Morgan fingerprint density at radius 3 is 2.57 bits per heavy atom. The van der Waals surface area contributed by atoms with E-state index in [-0.39, 0.29) is 6.42 Å². The quantitative estimate of drug-likeness (QED) is 0.805. The molecule has 1 atom stereocenters. The van der Waals surface area contributed by atoms with Crippen LogP contribution in [0.15, 0.2) is 6.07 Å². The van der Waals surface area contributed by atoms with Gasteiger partial charge >= 0.3 is 0 Å². The van der Waals surface area contributed by atoms with Gasteiger partial charge in [-0.2, -0.15) is 5.10 Å². The molecular formula is C9H14F2N2O. The molecule has 5 heteroatoms. The highest BCUT2D eigenvalue weighted by atomic mass is 19.3. The smallest absolute Gasteiger partial charge is 0.271 e. The summed E-state index contributed by atoms with van der Waals surface area (Å²) in [6.07, 6.45) is -1.74. The predicted octanol–water partition coefficient (Wildman–Crippen LogP) is 1.29. The second-order valence-corrected chi connectivity index (χ2v) is 3.58. The number of alkyl halides is 2. The average Bonchev–Trinajstić information content (AvgIpc) is 2.28. The fourth-order valence-corrected chi connectivity index (χ4v) is 1.23. The van der Waals surface area contributed by atoms with E-state index in [0.29, 0.717) is 12.6 Å². The van der Waals surface area contributed by atoms with Gasteiger partial charge in [-0.3, -0.25) is 4.68 Å². The van der Waals surface area contributed by atoms with Crippen LogP contribution in [-0.4, -0.2) is 26.9 Å². The molecule has 0 fully saturated rings. The Balaban J connectivity index is 2.74. The lowest BCUT2D eigenvalue weighted by atomic mass is 10.1. The number of halogens is 2. The highest BCUT2D eigenvalue weighted by Gasteiger charge is 2.32. The van der Waals surface area contributed by atoms with Crippen LogP contribution in [-0.2, 0) is 13.5 Å². The number of hydrogen-bond donors (Lipinski definition) is 1. The topological polar surface area (TPSA) is 38.0 Å². The van der Waals surface area contributed by atoms with Crippen molar-refractivity contribution in [1.29, 1.82) is 0 Å². The molecule has 0 saturated heterocycles. The largest absolute Gasteiger partial charge is 0.386 e. The van der Waals surface area contributed by atoms with Gasteiger partial charge in [-0.15, -0.1) is 0 Å². The highest BCUT2D eigenvalue weighted by molar-refractivity contribution is 5.10. The summed E-state index contributed by atoms with van der Waals surface area (Å²) in [5.41, 5.74) is 1.37. The number of aliphatic hydroxyl groups excluding tert-OH is 1. The lowest BCUT2D eigenvalue weighted by molar-refractivity contribution is -0.0927. The van der Waals surface area contributed by atoms with E-state index in [4.69, 9.17) is 0 Å². The minimum Gasteiger partial charge on any atom is -0.386 e. The Bertz CT molecular complexity index is 317. The molecule has 0 aliphatic heterocycles. The van der Waals surface area contributed by atoms with Crippen molar-refractivity contribution >= 4 is 0 Å². The van der Waals surface area contributed by atoms with Crippen molar-refractivity contribution < 1.29 is 13.9 Å². The van der Waals surface area contributed by atoms with Gasteiger partial charge in [-0.05, 0) is 13.0 Å². The molecule has 1 heterocycles. The Labute approximate surface area is 81.4 Å².